The van der Waals surface area contributed by atoms with Crippen LogP contribution in [0, 0.1) is 6.92 Å². The van der Waals surface area contributed by atoms with Crippen molar-refractivity contribution in [1.29, 1.82) is 0 Å². The summed E-state index contributed by atoms with van der Waals surface area (Å²) in [6.45, 7) is 2.14. The summed E-state index contributed by atoms with van der Waals surface area (Å²) in [7, 11) is 0. The second-order valence-electron chi connectivity index (χ2n) is 4.45. The molecule has 0 radical (unpaired) electrons. The predicted octanol–water partition coefficient (Wildman–Crippen LogP) is 4.45. The highest BCUT2D eigenvalue weighted by Gasteiger charge is 2.28. The van der Waals surface area contributed by atoms with E-state index in [4.69, 9.17) is 11.6 Å². The molecule has 0 saturated heterocycles. The van der Waals surface area contributed by atoms with Gasteiger partial charge >= 0.3 is 0 Å². The van der Waals surface area contributed by atoms with Crippen molar-refractivity contribution in [1.82, 2.24) is 4.57 Å². The summed E-state index contributed by atoms with van der Waals surface area (Å²) in [5.41, 5.74) is 3.67. The first-order chi connectivity index (χ1) is 7.77. The van der Waals surface area contributed by atoms with Gasteiger partial charge in [0, 0.05) is 11.7 Å². The summed E-state index contributed by atoms with van der Waals surface area (Å²) in [4.78, 5) is 0. The van der Waals surface area contributed by atoms with Crippen LogP contribution in [-0.4, -0.2) is 4.57 Å². The van der Waals surface area contributed by atoms with Gasteiger partial charge in [0.05, 0.1) is 10.7 Å². The normalized spacial score (nSPS) is 15.4. The van der Waals surface area contributed by atoms with Crippen molar-refractivity contribution in [2.24, 2.45) is 0 Å². The minimum atomic E-state index is 0.669. The van der Waals surface area contributed by atoms with Crippen LogP contribution in [0.25, 0.3) is 11.3 Å². The van der Waals surface area contributed by atoms with Crippen LogP contribution in [0.2, 0.25) is 5.02 Å². The van der Waals surface area contributed by atoms with Crippen molar-refractivity contribution in [3.63, 3.8) is 0 Å². The maximum atomic E-state index is 6.34. The molecular weight excluding hydrogens is 218 g/mol. The van der Waals surface area contributed by atoms with Crippen LogP contribution in [0.1, 0.15) is 24.6 Å². The van der Waals surface area contributed by atoms with Gasteiger partial charge in [0.25, 0.3) is 0 Å². The molecule has 1 fully saturated rings. The van der Waals surface area contributed by atoms with E-state index in [1.54, 1.807) is 0 Å². The van der Waals surface area contributed by atoms with Crippen molar-refractivity contribution in [3.05, 3.63) is 47.1 Å². The molecule has 0 amide bonds. The maximum absolute atomic E-state index is 6.34. The van der Waals surface area contributed by atoms with Gasteiger partial charge in [-0.1, -0.05) is 41.9 Å². The third-order valence-corrected chi connectivity index (χ3v) is 3.43. The van der Waals surface area contributed by atoms with E-state index in [1.165, 1.54) is 29.8 Å². The number of benzene rings is 1. The van der Waals surface area contributed by atoms with Crippen molar-refractivity contribution in [3.8, 4) is 11.3 Å². The van der Waals surface area contributed by atoms with Gasteiger partial charge in [-0.05, 0) is 31.4 Å². The zero-order valence-electron chi connectivity index (χ0n) is 9.28. The quantitative estimate of drug-likeness (QED) is 0.720. The minimum Gasteiger partial charge on any atom is -0.341 e. The Morgan fingerprint density at radius 1 is 1.19 bits per heavy atom. The Morgan fingerprint density at radius 2 is 1.88 bits per heavy atom. The molecule has 0 atom stereocenters. The molecule has 0 aliphatic heterocycles. The first-order valence-corrected chi connectivity index (χ1v) is 6.08. The number of nitrogens with zero attached hydrogens (tertiary/aromatic N) is 1. The van der Waals surface area contributed by atoms with E-state index in [9.17, 15) is 0 Å². The second-order valence-corrected chi connectivity index (χ2v) is 4.86. The number of rotatable bonds is 2. The summed E-state index contributed by atoms with van der Waals surface area (Å²) >= 11 is 6.34. The Kier molecular flexibility index (Phi) is 2.29. The van der Waals surface area contributed by atoms with Gasteiger partial charge in [-0.15, -0.1) is 0 Å². The molecule has 1 aliphatic carbocycles. The fourth-order valence-electron chi connectivity index (χ4n) is 2.29. The highest BCUT2D eigenvalue weighted by atomic mass is 35.5. The molecule has 1 nitrogen and oxygen atoms in total. The van der Waals surface area contributed by atoms with Crippen LogP contribution in [0.15, 0.2) is 36.4 Å². The molecule has 1 aromatic carbocycles. The molecule has 82 valence electrons. The van der Waals surface area contributed by atoms with E-state index >= 15 is 0 Å². The molecule has 2 aromatic rings. The van der Waals surface area contributed by atoms with Gasteiger partial charge in [-0.25, -0.2) is 0 Å². The topological polar surface area (TPSA) is 4.93 Å². The van der Waals surface area contributed by atoms with Crippen molar-refractivity contribution < 1.29 is 0 Å². The van der Waals surface area contributed by atoms with E-state index in [-0.39, 0.29) is 0 Å². The van der Waals surface area contributed by atoms with Crippen LogP contribution >= 0.6 is 11.6 Å². The van der Waals surface area contributed by atoms with Crippen molar-refractivity contribution in [2.75, 3.05) is 0 Å². The highest BCUT2D eigenvalue weighted by Crippen LogP contribution is 2.43. The first-order valence-electron chi connectivity index (χ1n) is 5.70. The molecule has 2 heteroatoms. The van der Waals surface area contributed by atoms with E-state index in [2.05, 4.69) is 41.8 Å². The Balaban J connectivity index is 2.19. The van der Waals surface area contributed by atoms with E-state index in [0.29, 0.717) is 6.04 Å². The lowest BCUT2D eigenvalue weighted by Gasteiger charge is -2.10. The van der Waals surface area contributed by atoms with Crippen LogP contribution in [-0.2, 0) is 0 Å². The average molecular weight is 232 g/mol. The largest absolute Gasteiger partial charge is 0.341 e. The third kappa shape index (κ3) is 1.56. The highest BCUT2D eigenvalue weighted by molar-refractivity contribution is 6.33. The zero-order valence-corrected chi connectivity index (χ0v) is 10.0. The van der Waals surface area contributed by atoms with Crippen LogP contribution in [0.5, 0.6) is 0 Å². The van der Waals surface area contributed by atoms with E-state index in [1.807, 2.05) is 6.07 Å². The summed E-state index contributed by atoms with van der Waals surface area (Å²) in [6.07, 6.45) is 2.57. The third-order valence-electron chi connectivity index (χ3n) is 3.14. The molecule has 1 heterocycles. The Hall–Kier alpha value is -1.21. The molecule has 0 spiro atoms. The molecule has 0 bridgehead atoms. The van der Waals surface area contributed by atoms with Gasteiger partial charge < -0.3 is 4.57 Å². The molecule has 0 N–H and O–H groups in total. The fraction of sp³-hybridized carbons (Fsp3) is 0.286. The smallest absolute Gasteiger partial charge is 0.0674 e. The number of aryl methyl sites for hydroxylation is 1. The lowest BCUT2D eigenvalue weighted by molar-refractivity contribution is 0.730. The lowest BCUT2D eigenvalue weighted by Crippen LogP contribution is -1.98. The molecule has 1 saturated carbocycles. The Morgan fingerprint density at radius 3 is 2.50 bits per heavy atom. The standard InChI is InChI=1S/C14H14ClN/c1-10-9-13(15)14(16(10)12-7-8-12)11-5-3-2-4-6-11/h2-6,9,12H,7-8H2,1H3. The predicted molar refractivity (Wildman–Crippen MR) is 67.9 cm³/mol. The van der Waals surface area contributed by atoms with E-state index < -0.39 is 0 Å². The molecule has 1 aromatic heterocycles. The Labute approximate surface area is 101 Å². The summed E-state index contributed by atoms with van der Waals surface area (Å²) in [6, 6.07) is 13.1. The fourth-order valence-corrected chi connectivity index (χ4v) is 2.65. The first kappa shape index (κ1) is 9.98. The molecule has 3 rings (SSSR count). The Bertz CT molecular complexity index is 509. The SMILES string of the molecule is Cc1cc(Cl)c(-c2ccccc2)n1C1CC1. The maximum Gasteiger partial charge on any atom is 0.0674 e. The van der Waals surface area contributed by atoms with Crippen LogP contribution in [0.4, 0.5) is 0 Å². The average Bonchev–Trinajstić information content (AvgIpc) is 3.06. The zero-order chi connectivity index (χ0) is 11.1. The minimum absolute atomic E-state index is 0.669. The molecule has 0 unspecified atom stereocenters. The van der Waals surface area contributed by atoms with Crippen LogP contribution in [0.3, 0.4) is 0 Å². The number of halogens is 1. The second kappa shape index (κ2) is 3.67. The monoisotopic (exact) mass is 231 g/mol. The number of hydrogen-bond donors (Lipinski definition) is 0. The van der Waals surface area contributed by atoms with Gasteiger partial charge in [-0.3, -0.25) is 0 Å². The van der Waals surface area contributed by atoms with Crippen LogP contribution < -0.4 is 0 Å². The number of hydrogen-bond acceptors (Lipinski definition) is 0. The molecule has 16 heavy (non-hydrogen) atoms. The molecule has 1 aliphatic rings. The van der Waals surface area contributed by atoms with E-state index in [0.717, 1.165) is 5.02 Å². The summed E-state index contributed by atoms with van der Waals surface area (Å²) < 4.78 is 2.39. The van der Waals surface area contributed by atoms with Crippen molar-refractivity contribution in [2.45, 2.75) is 25.8 Å². The number of aromatic nitrogens is 1. The van der Waals surface area contributed by atoms with Gasteiger partial charge in [0.2, 0.25) is 0 Å². The van der Waals surface area contributed by atoms with Gasteiger partial charge in [0.1, 0.15) is 0 Å². The van der Waals surface area contributed by atoms with Gasteiger partial charge in [0.15, 0.2) is 0 Å². The van der Waals surface area contributed by atoms with Crippen molar-refractivity contribution >= 4 is 11.6 Å². The summed E-state index contributed by atoms with van der Waals surface area (Å²) in [5.74, 6) is 0. The summed E-state index contributed by atoms with van der Waals surface area (Å²) in [5, 5.41) is 0.871. The lowest BCUT2D eigenvalue weighted by atomic mass is 10.1. The van der Waals surface area contributed by atoms with Gasteiger partial charge in [-0.2, -0.15) is 0 Å². The molecular formula is C14H14ClN.